The van der Waals surface area contributed by atoms with Gasteiger partial charge in [0.2, 0.25) is 0 Å². The van der Waals surface area contributed by atoms with E-state index in [9.17, 15) is 0 Å². The molecule has 0 unspecified atom stereocenters. The molecule has 306 valence electrons. The highest BCUT2D eigenvalue weighted by molar-refractivity contribution is 6.14. The number of aromatic nitrogens is 8. The summed E-state index contributed by atoms with van der Waals surface area (Å²) in [6.07, 6.45) is 0. The van der Waals surface area contributed by atoms with E-state index in [1.54, 1.807) is 0 Å². The summed E-state index contributed by atoms with van der Waals surface area (Å²) in [5.74, 6) is -10.3. The number of fused-ring (bicyclic) bond motifs is 24. The number of benzene rings is 8. The predicted molar refractivity (Wildman–Crippen MR) is 226 cm³/mol. The molecule has 2 N–H and O–H groups in total. The summed E-state index contributed by atoms with van der Waals surface area (Å²) in [5, 5.41) is -3.42. The third-order valence-electron chi connectivity index (χ3n) is 12.0. The van der Waals surface area contributed by atoms with Gasteiger partial charge in [-0.1, -0.05) is 97.1 Å². The van der Waals surface area contributed by atoms with Gasteiger partial charge in [-0.3, -0.25) is 0 Å². The van der Waals surface area contributed by atoms with Crippen LogP contribution >= 0.6 is 0 Å². The summed E-state index contributed by atoms with van der Waals surface area (Å²) in [7, 11) is 0. The van der Waals surface area contributed by atoms with E-state index in [0.29, 0.717) is 0 Å². The monoisotopic (exact) mass is 858 g/mol. The smallest absolute Gasteiger partial charge is 0.167 e. The Morgan fingerprint density at radius 2 is 0.438 bits per heavy atom. The molecule has 64 heavy (non-hydrogen) atoms. The molecule has 0 amide bonds. The first-order valence-corrected chi connectivity index (χ1v) is 19.5. The van der Waals surface area contributed by atoms with E-state index in [4.69, 9.17) is 0 Å². The van der Waals surface area contributed by atoms with Gasteiger partial charge in [0.05, 0.1) is 43.8 Å². The van der Waals surface area contributed by atoms with Crippen molar-refractivity contribution in [3.63, 3.8) is 0 Å². The summed E-state index contributed by atoms with van der Waals surface area (Å²) < 4.78 is 135. The van der Waals surface area contributed by atoms with Crippen LogP contribution in [0.3, 0.4) is 0 Å². The minimum atomic E-state index is -1.00. The second kappa shape index (κ2) is 12.6. The van der Waals surface area contributed by atoms with E-state index >= 15 is 35.1 Å². The first-order chi connectivity index (χ1) is 31.1. The molecule has 8 aromatic carbocycles. The van der Waals surface area contributed by atoms with Crippen LogP contribution in [0.2, 0.25) is 0 Å². The van der Waals surface area contributed by atoms with Gasteiger partial charge in [-0.25, -0.2) is 65.0 Å². The van der Waals surface area contributed by atoms with Gasteiger partial charge < -0.3 is 9.97 Å². The van der Waals surface area contributed by atoms with E-state index in [2.05, 4.69) is 39.9 Å². The van der Waals surface area contributed by atoms with Gasteiger partial charge in [0.15, 0.2) is 23.3 Å². The largest absolute Gasteiger partial charge is 0.324 e. The van der Waals surface area contributed by atoms with Gasteiger partial charge >= 0.3 is 0 Å². The maximum absolute atomic E-state index is 16.9. The summed E-state index contributed by atoms with van der Waals surface area (Å²) in [4.78, 5) is 32.4. The van der Waals surface area contributed by atoms with Crippen LogP contribution in [0.1, 0.15) is 0 Å². The van der Waals surface area contributed by atoms with Crippen LogP contribution in [0.5, 0.6) is 0 Å². The van der Waals surface area contributed by atoms with Gasteiger partial charge in [0.1, 0.15) is 69.1 Å². The van der Waals surface area contributed by atoms with Crippen LogP contribution < -0.4 is 0 Å². The van der Waals surface area contributed by atoms with Crippen molar-refractivity contribution in [3.05, 3.63) is 144 Å². The highest BCUT2D eigenvalue weighted by Gasteiger charge is 2.34. The minimum Gasteiger partial charge on any atom is -0.324 e. The molecule has 0 spiro atoms. The second-order valence-corrected chi connectivity index (χ2v) is 15.3. The average molecular weight is 859 g/mol. The predicted octanol–water partition coefficient (Wildman–Crippen LogP) is 12.6. The highest BCUT2D eigenvalue weighted by Crippen LogP contribution is 2.46. The Kier molecular flexibility index (Phi) is 7.14. The zero-order valence-electron chi connectivity index (χ0n) is 31.9. The summed E-state index contributed by atoms with van der Waals surface area (Å²) in [6, 6.07) is 22.5. The van der Waals surface area contributed by atoms with E-state index in [1.807, 2.05) is 0 Å². The van der Waals surface area contributed by atoms with Gasteiger partial charge in [-0.15, -0.1) is 0 Å². The van der Waals surface area contributed by atoms with E-state index in [1.165, 1.54) is 97.1 Å². The molecular weight excluding hydrogens is 841 g/mol. The number of hydrogen-bond donors (Lipinski definition) is 2. The zero-order valence-corrected chi connectivity index (χ0v) is 31.9. The lowest BCUT2D eigenvalue weighted by molar-refractivity contribution is 0.623. The highest BCUT2D eigenvalue weighted by atomic mass is 19.2. The van der Waals surface area contributed by atoms with Crippen molar-refractivity contribution in [1.82, 2.24) is 39.9 Å². The SMILES string of the molecule is Fc1c2c(c(F)c3ccccc13)-c1nc-2nc2[nH]c(nc3nc(nc4[nH]c(n1)c1c(F)c5ccccc5c(F)c41)-c1c-3c(F)c3ccccc3c1F)c1c(F)c3ccccc3c(F)c21. The Balaban J connectivity index is 1.31. The molecule has 0 atom stereocenters. The van der Waals surface area contributed by atoms with E-state index in [-0.39, 0.29) is 43.1 Å². The molecule has 0 saturated carbocycles. The van der Waals surface area contributed by atoms with Gasteiger partial charge in [0.25, 0.3) is 0 Å². The standard InChI is InChI=1S/C48H18F8N8/c49-33-17-9-1-2-10-18(17)34(50)26-25(33)41-57-42(26)62-44-29-30(38(54)22-14-6-5-13-21(22)37(29)53)46(59-44)64-48-32-31(39(55)23-15-7-8-16-24(23)40(32)56)47(60-48)63-45-28-27(43(58-45)61-41)35(51)19-11-3-4-12-20(19)36(28)52/h1-16H,(H2,57,58,59,60,61,62,63,64). The lowest BCUT2D eigenvalue weighted by Gasteiger charge is -2.08. The molecule has 5 heterocycles. The lowest BCUT2D eigenvalue weighted by Crippen LogP contribution is -1.95. The topological polar surface area (TPSA) is 109 Å². The number of nitrogens with zero attached hydrogens (tertiary/aromatic N) is 6. The number of rotatable bonds is 0. The number of hydrogen-bond acceptors (Lipinski definition) is 6. The molecule has 2 aliphatic rings. The van der Waals surface area contributed by atoms with Gasteiger partial charge in [-0.05, 0) is 0 Å². The Bertz CT molecular complexity index is 3680. The molecular formula is C48H18F8N8. The molecule has 0 saturated heterocycles. The maximum Gasteiger partial charge on any atom is 0.167 e. The molecule has 3 aromatic heterocycles. The van der Waals surface area contributed by atoms with Crippen molar-refractivity contribution in [3.8, 4) is 45.6 Å². The number of halogens is 8. The molecule has 0 radical (unpaired) electrons. The Morgan fingerprint density at radius 3 is 0.641 bits per heavy atom. The first kappa shape index (κ1) is 36.3. The van der Waals surface area contributed by atoms with Crippen molar-refractivity contribution >= 4 is 87.2 Å². The fourth-order valence-corrected chi connectivity index (χ4v) is 9.13. The maximum atomic E-state index is 16.9. The fraction of sp³-hybridized carbons (Fsp3) is 0. The quantitative estimate of drug-likeness (QED) is 0.147. The number of nitrogens with one attached hydrogen (secondary N) is 2. The minimum absolute atomic E-state index is 0.173. The molecule has 11 aromatic rings. The van der Waals surface area contributed by atoms with Crippen LogP contribution in [0.25, 0.3) is 133 Å². The Labute approximate surface area is 350 Å². The van der Waals surface area contributed by atoms with E-state index in [0.717, 1.165) is 0 Å². The van der Waals surface area contributed by atoms with Crippen molar-refractivity contribution < 1.29 is 35.1 Å². The van der Waals surface area contributed by atoms with Gasteiger partial charge in [-0.2, -0.15) is 0 Å². The first-order valence-electron chi connectivity index (χ1n) is 19.5. The fourth-order valence-electron chi connectivity index (χ4n) is 9.13. The third kappa shape index (κ3) is 4.60. The zero-order chi connectivity index (χ0) is 43.4. The van der Waals surface area contributed by atoms with Crippen LogP contribution in [-0.2, 0) is 0 Å². The van der Waals surface area contributed by atoms with E-state index < -0.39 is 136 Å². The number of aromatic amines is 2. The Morgan fingerprint density at radius 1 is 0.250 bits per heavy atom. The normalized spacial score (nSPS) is 12.4. The lowest BCUT2D eigenvalue weighted by atomic mass is 9.99. The summed E-state index contributed by atoms with van der Waals surface area (Å²) in [5.41, 5.74) is -4.04. The van der Waals surface area contributed by atoms with Crippen molar-refractivity contribution in [2.45, 2.75) is 0 Å². The van der Waals surface area contributed by atoms with Crippen LogP contribution in [0.15, 0.2) is 97.1 Å². The van der Waals surface area contributed by atoms with Crippen molar-refractivity contribution in [1.29, 1.82) is 0 Å². The van der Waals surface area contributed by atoms with Crippen molar-refractivity contribution in [2.75, 3.05) is 0 Å². The van der Waals surface area contributed by atoms with Gasteiger partial charge in [0, 0.05) is 43.1 Å². The molecule has 16 heteroatoms. The molecule has 8 nitrogen and oxygen atoms in total. The Hall–Kier alpha value is -8.40. The number of H-pyrrole nitrogens is 2. The van der Waals surface area contributed by atoms with Crippen LogP contribution in [0.4, 0.5) is 35.1 Å². The molecule has 0 aliphatic carbocycles. The summed E-state index contributed by atoms with van der Waals surface area (Å²) >= 11 is 0. The van der Waals surface area contributed by atoms with Crippen LogP contribution in [-0.4, -0.2) is 39.9 Å². The molecule has 13 rings (SSSR count). The van der Waals surface area contributed by atoms with Crippen LogP contribution in [0, 0.1) is 46.5 Å². The molecule has 0 fully saturated rings. The molecule has 8 bridgehead atoms. The van der Waals surface area contributed by atoms with Crippen molar-refractivity contribution in [2.24, 2.45) is 0 Å². The second-order valence-electron chi connectivity index (χ2n) is 15.3. The molecule has 2 aliphatic heterocycles. The average Bonchev–Trinajstić information content (AvgIpc) is 4.07. The third-order valence-corrected chi connectivity index (χ3v) is 12.0. The summed E-state index contributed by atoms with van der Waals surface area (Å²) in [6.45, 7) is 0.